The number of likely N-dealkylation sites (tertiary alicyclic amines) is 1. The molecule has 1 aliphatic heterocycles. The van der Waals surface area contributed by atoms with Crippen LogP contribution in [0.25, 0.3) is 22.2 Å². The van der Waals surface area contributed by atoms with Crippen molar-refractivity contribution in [1.29, 1.82) is 0 Å². The van der Waals surface area contributed by atoms with Gasteiger partial charge in [0, 0.05) is 24.6 Å². The number of nitrogens with two attached hydrogens (primary N) is 2. The van der Waals surface area contributed by atoms with Crippen LogP contribution in [0.5, 0.6) is 5.88 Å². The van der Waals surface area contributed by atoms with Gasteiger partial charge in [0.25, 0.3) is 0 Å². The van der Waals surface area contributed by atoms with Crippen LogP contribution in [0.3, 0.4) is 0 Å². The highest BCUT2D eigenvalue weighted by atomic mass is 32.2. The number of nitrogens with zero attached hydrogens (tertiary/aromatic N) is 4. The summed E-state index contributed by atoms with van der Waals surface area (Å²) in [5.74, 6) is -3.03. The summed E-state index contributed by atoms with van der Waals surface area (Å²) in [4.78, 5) is 26.5. The Morgan fingerprint density at radius 1 is 1.17 bits per heavy atom. The molecule has 3 aromatic rings. The smallest absolute Gasteiger partial charge is 0.417 e. The van der Waals surface area contributed by atoms with E-state index < -0.39 is 69.2 Å². The molecule has 0 spiro atoms. The van der Waals surface area contributed by atoms with Crippen molar-refractivity contribution in [3.8, 4) is 17.1 Å². The molecule has 42 heavy (non-hydrogen) atoms. The highest BCUT2D eigenvalue weighted by molar-refractivity contribution is 7.98. The maximum Gasteiger partial charge on any atom is 0.417 e. The number of carbonyl (C=O) groups excluding carboxylic acids is 1. The van der Waals surface area contributed by atoms with Crippen molar-refractivity contribution in [2.45, 2.75) is 76.5 Å². The molecule has 0 radical (unpaired) electrons. The largest absolute Gasteiger partial charge is 0.474 e. The van der Waals surface area contributed by atoms with E-state index in [0.717, 1.165) is 18.7 Å². The summed E-state index contributed by atoms with van der Waals surface area (Å²) in [5, 5.41) is -0.0813. The second-order valence-electron chi connectivity index (χ2n) is 11.0. The maximum absolute atomic E-state index is 16.0. The molecule has 15 heteroatoms. The number of amides is 1. The normalized spacial score (nSPS) is 16.4. The molecular weight excluding hydrogens is 583 g/mol. The Bertz CT molecular complexity index is 1550. The van der Waals surface area contributed by atoms with Gasteiger partial charge in [0.05, 0.1) is 17.4 Å². The Morgan fingerprint density at radius 2 is 1.83 bits per heavy atom. The molecule has 4 N–H and O–H groups in total. The zero-order chi connectivity index (χ0) is 31.3. The van der Waals surface area contributed by atoms with E-state index in [1.165, 1.54) is 0 Å². The number of ether oxygens (including phenoxy) is 2. The second kappa shape index (κ2) is 11.2. The van der Waals surface area contributed by atoms with Crippen LogP contribution in [0, 0.1) is 18.6 Å². The lowest BCUT2D eigenvalue weighted by Crippen LogP contribution is -2.53. The van der Waals surface area contributed by atoms with Crippen molar-refractivity contribution in [3.05, 3.63) is 28.8 Å². The van der Waals surface area contributed by atoms with Crippen molar-refractivity contribution >= 4 is 40.3 Å². The van der Waals surface area contributed by atoms with Gasteiger partial charge >= 0.3 is 12.3 Å². The van der Waals surface area contributed by atoms with Crippen molar-refractivity contribution in [2.24, 2.45) is 0 Å². The van der Waals surface area contributed by atoms with Crippen LogP contribution in [0.4, 0.5) is 38.3 Å². The molecule has 1 aromatic carbocycles. The van der Waals surface area contributed by atoms with Crippen LogP contribution >= 0.6 is 11.8 Å². The molecule has 0 saturated carbocycles. The number of benzene rings is 1. The number of aromatic nitrogens is 3. The van der Waals surface area contributed by atoms with E-state index in [-0.39, 0.29) is 28.3 Å². The number of nitrogen functional groups attached to an aromatic ring is 2. The molecule has 4 rings (SSSR count). The van der Waals surface area contributed by atoms with Gasteiger partial charge in [-0.15, -0.1) is 0 Å². The van der Waals surface area contributed by atoms with Gasteiger partial charge in [-0.2, -0.15) is 13.2 Å². The Hall–Kier alpha value is -3.62. The van der Waals surface area contributed by atoms with Gasteiger partial charge < -0.3 is 25.8 Å². The Morgan fingerprint density at radius 3 is 2.38 bits per heavy atom. The van der Waals surface area contributed by atoms with E-state index in [0.29, 0.717) is 25.5 Å². The van der Waals surface area contributed by atoms with Crippen molar-refractivity contribution < 1.29 is 36.2 Å². The first-order valence-corrected chi connectivity index (χ1v) is 14.2. The molecule has 1 amide bonds. The van der Waals surface area contributed by atoms with Crippen LogP contribution in [0.15, 0.2) is 11.2 Å². The lowest BCUT2D eigenvalue weighted by Gasteiger charge is -2.42. The molecule has 0 aliphatic carbocycles. The fraction of sp³-hybridized carbons (Fsp3) is 0.481. The number of hydrogen-bond acceptors (Lipinski definition) is 9. The first-order valence-electron chi connectivity index (χ1n) is 13.0. The molecule has 2 aromatic heterocycles. The fourth-order valence-electron chi connectivity index (χ4n) is 4.74. The van der Waals surface area contributed by atoms with Gasteiger partial charge in [-0.05, 0) is 58.9 Å². The van der Waals surface area contributed by atoms with Crippen molar-refractivity contribution in [3.63, 3.8) is 0 Å². The number of alkyl halides is 3. The average molecular weight is 615 g/mol. The van der Waals surface area contributed by atoms with E-state index in [4.69, 9.17) is 20.9 Å². The Labute approximate surface area is 243 Å². The highest BCUT2D eigenvalue weighted by Gasteiger charge is 2.40. The van der Waals surface area contributed by atoms with Gasteiger partial charge in [-0.1, -0.05) is 11.8 Å². The molecule has 3 heterocycles. The summed E-state index contributed by atoms with van der Waals surface area (Å²) < 4.78 is 84.4. The van der Waals surface area contributed by atoms with Crippen molar-refractivity contribution in [2.75, 3.05) is 24.3 Å². The van der Waals surface area contributed by atoms with Crippen LogP contribution < -0.4 is 16.2 Å². The van der Waals surface area contributed by atoms with Crippen LogP contribution in [-0.2, 0) is 10.9 Å². The Balaban J connectivity index is 1.81. The quantitative estimate of drug-likeness (QED) is 0.141. The third-order valence-electron chi connectivity index (χ3n) is 6.70. The first kappa shape index (κ1) is 31.3. The number of hydrogen-bond donors (Lipinski definition) is 2. The maximum atomic E-state index is 16.0. The van der Waals surface area contributed by atoms with E-state index in [2.05, 4.69) is 15.0 Å². The summed E-state index contributed by atoms with van der Waals surface area (Å²) >= 11 is 1.04. The standard InChI is InChI=1S/C27H31F5N6O3S/c1-11(9-13-7-8-38(13)25(39)41-26(3,4)5)40-23-16-21(36-24(42-6)37-22(16)34)19(29)20(35-23)14-10-15(33)18(28)12(2)17(14)27(30,31)32/h10-11,13H,7-9,33H2,1-6H3,(H2,34,36,37). The second-order valence-corrected chi connectivity index (χ2v) is 11.8. The number of halogens is 5. The minimum absolute atomic E-state index is 0.0587. The predicted molar refractivity (Wildman–Crippen MR) is 149 cm³/mol. The third kappa shape index (κ3) is 6.10. The minimum Gasteiger partial charge on any atom is -0.474 e. The number of pyridine rings is 1. The van der Waals surface area contributed by atoms with E-state index in [9.17, 15) is 22.4 Å². The van der Waals surface area contributed by atoms with Crippen molar-refractivity contribution in [1.82, 2.24) is 19.9 Å². The number of anilines is 2. The topological polar surface area (TPSA) is 129 Å². The molecule has 1 fully saturated rings. The summed E-state index contributed by atoms with van der Waals surface area (Å²) in [6.45, 7) is 8.31. The van der Waals surface area contributed by atoms with E-state index in [1.54, 1.807) is 38.9 Å². The molecule has 2 atom stereocenters. The van der Waals surface area contributed by atoms with Gasteiger partial charge in [0.2, 0.25) is 5.88 Å². The molecule has 1 saturated heterocycles. The van der Waals surface area contributed by atoms with Gasteiger partial charge in [-0.25, -0.2) is 28.5 Å². The van der Waals surface area contributed by atoms with Gasteiger partial charge in [0.1, 0.15) is 33.8 Å². The van der Waals surface area contributed by atoms with Crippen LogP contribution in [-0.4, -0.2) is 56.5 Å². The monoisotopic (exact) mass is 614 g/mol. The third-order valence-corrected chi connectivity index (χ3v) is 7.24. The summed E-state index contributed by atoms with van der Waals surface area (Å²) in [7, 11) is 0. The van der Waals surface area contributed by atoms with Gasteiger partial charge in [-0.3, -0.25) is 0 Å². The molecule has 2 unspecified atom stereocenters. The first-order chi connectivity index (χ1) is 19.4. The number of fused-ring (bicyclic) bond motifs is 1. The van der Waals surface area contributed by atoms with Crippen LogP contribution in [0.1, 0.15) is 51.7 Å². The SMILES string of the molecule is CSc1nc(N)c2c(OC(C)CC3CCN3C(=O)OC(C)(C)C)nc(-c3cc(N)c(F)c(C)c3C(F)(F)F)c(F)c2n1. The lowest BCUT2D eigenvalue weighted by molar-refractivity contribution is -0.137. The summed E-state index contributed by atoms with van der Waals surface area (Å²) in [6, 6.07) is 0.442. The summed E-state index contributed by atoms with van der Waals surface area (Å²) in [5.41, 5.74) is 6.23. The predicted octanol–water partition coefficient (Wildman–Crippen LogP) is 6.35. The van der Waals surface area contributed by atoms with Crippen LogP contribution in [0.2, 0.25) is 0 Å². The highest BCUT2D eigenvalue weighted by Crippen LogP contribution is 2.44. The molecule has 9 nitrogen and oxygen atoms in total. The number of rotatable bonds is 6. The van der Waals surface area contributed by atoms with E-state index in [1.807, 2.05) is 0 Å². The average Bonchev–Trinajstić information content (AvgIpc) is 2.84. The minimum atomic E-state index is -5.07. The number of carbonyl (C=O) groups is 1. The molecular formula is C27H31F5N6O3S. The van der Waals surface area contributed by atoms with Gasteiger partial charge in [0.15, 0.2) is 11.0 Å². The molecule has 0 bridgehead atoms. The number of thioether (sulfide) groups is 1. The molecule has 1 aliphatic rings. The fourth-order valence-corrected chi connectivity index (χ4v) is 5.11. The zero-order valence-electron chi connectivity index (χ0n) is 23.8. The zero-order valence-corrected chi connectivity index (χ0v) is 24.6. The Kier molecular flexibility index (Phi) is 8.37. The van der Waals surface area contributed by atoms with E-state index >= 15 is 4.39 Å². The molecule has 228 valence electrons. The lowest BCUT2D eigenvalue weighted by atomic mass is 9.96. The summed E-state index contributed by atoms with van der Waals surface area (Å²) in [6.07, 6.45) is -3.64.